The molecule has 1 aliphatic carbocycles. The summed E-state index contributed by atoms with van der Waals surface area (Å²) < 4.78 is 5.33. The van der Waals surface area contributed by atoms with Gasteiger partial charge in [-0.25, -0.2) is 4.79 Å². The van der Waals surface area contributed by atoms with E-state index < -0.39 is 11.2 Å². The normalized spacial score (nSPS) is 24.8. The van der Waals surface area contributed by atoms with Crippen LogP contribution in [0.15, 0.2) is 0 Å². The maximum Gasteiger partial charge on any atom is 0.407 e. The zero-order chi connectivity index (χ0) is 18.9. The number of hydrogen-bond donors (Lipinski definition) is 2. The van der Waals surface area contributed by atoms with Gasteiger partial charge in [-0.2, -0.15) is 0 Å². The quantitative estimate of drug-likeness (QED) is 0.764. The lowest BCUT2D eigenvalue weighted by atomic mass is 10.0. The molecule has 1 unspecified atom stereocenters. The summed E-state index contributed by atoms with van der Waals surface area (Å²) in [5.74, 6) is 0. The average molecular weight is 356 g/mol. The molecule has 0 aromatic rings. The second-order valence-electron chi connectivity index (χ2n) is 9.72. The summed E-state index contributed by atoms with van der Waals surface area (Å²) in [5, 5.41) is 13.0. The largest absolute Gasteiger partial charge is 0.444 e. The lowest BCUT2D eigenvalue weighted by molar-refractivity contribution is -0.00705. The first-order valence-electron chi connectivity index (χ1n) is 9.53. The van der Waals surface area contributed by atoms with E-state index in [-0.39, 0.29) is 11.5 Å². The first-order valence-corrected chi connectivity index (χ1v) is 9.53. The molecular formula is C19H37N3O3. The highest BCUT2D eigenvalue weighted by Gasteiger charge is 2.45. The van der Waals surface area contributed by atoms with Gasteiger partial charge in [-0.3, -0.25) is 9.80 Å². The summed E-state index contributed by atoms with van der Waals surface area (Å²) in [6.07, 6.45) is 2.02. The molecule has 2 fully saturated rings. The molecule has 0 bridgehead atoms. The predicted octanol–water partition coefficient (Wildman–Crippen LogP) is 2.07. The molecule has 0 spiro atoms. The number of carbonyl (C=O) groups excluding carboxylic acids is 1. The molecule has 25 heavy (non-hydrogen) atoms. The Bertz CT molecular complexity index is 464. The van der Waals surface area contributed by atoms with Crippen LogP contribution in [0.5, 0.6) is 0 Å². The maximum atomic E-state index is 11.9. The van der Waals surface area contributed by atoms with Crippen LogP contribution in [-0.4, -0.2) is 77.5 Å². The van der Waals surface area contributed by atoms with Crippen molar-refractivity contribution in [3.63, 3.8) is 0 Å². The molecule has 6 heteroatoms. The van der Waals surface area contributed by atoms with Crippen LogP contribution in [0.2, 0.25) is 0 Å². The lowest BCUT2D eigenvalue weighted by Gasteiger charge is -2.43. The Kier molecular flexibility index (Phi) is 6.07. The van der Waals surface area contributed by atoms with Crippen molar-refractivity contribution < 1.29 is 14.6 Å². The van der Waals surface area contributed by atoms with Crippen LogP contribution in [0.1, 0.15) is 54.4 Å². The standard InChI is InChI=1S/C19H37N3O3/c1-15-11-21(9-10-22(15)13-18(5,6)24)14-19(7-8-19)12-20-16(23)25-17(2,3)4/h15,24H,7-14H2,1-6H3,(H,20,23). The number of hydrogen-bond acceptors (Lipinski definition) is 5. The zero-order valence-corrected chi connectivity index (χ0v) is 16.9. The fourth-order valence-electron chi connectivity index (χ4n) is 3.56. The number of aliphatic hydroxyl groups is 1. The summed E-state index contributed by atoms with van der Waals surface area (Å²) >= 11 is 0. The number of piperazine rings is 1. The van der Waals surface area contributed by atoms with Crippen molar-refractivity contribution in [1.82, 2.24) is 15.1 Å². The van der Waals surface area contributed by atoms with Crippen molar-refractivity contribution in [1.29, 1.82) is 0 Å². The van der Waals surface area contributed by atoms with Gasteiger partial charge in [0.2, 0.25) is 0 Å². The molecule has 0 radical (unpaired) electrons. The highest BCUT2D eigenvalue weighted by Crippen LogP contribution is 2.46. The number of ether oxygens (including phenoxy) is 1. The van der Waals surface area contributed by atoms with Crippen LogP contribution < -0.4 is 5.32 Å². The van der Waals surface area contributed by atoms with Gasteiger partial charge in [0.05, 0.1) is 5.60 Å². The monoisotopic (exact) mass is 355 g/mol. The van der Waals surface area contributed by atoms with Crippen LogP contribution in [0, 0.1) is 5.41 Å². The van der Waals surface area contributed by atoms with E-state index in [1.807, 2.05) is 34.6 Å². The van der Waals surface area contributed by atoms with Crippen molar-refractivity contribution in [2.45, 2.75) is 71.6 Å². The number of alkyl carbamates (subject to hydrolysis) is 1. The van der Waals surface area contributed by atoms with E-state index in [2.05, 4.69) is 22.0 Å². The number of rotatable bonds is 6. The minimum absolute atomic E-state index is 0.217. The molecule has 1 atom stereocenters. The molecule has 2 aliphatic rings. The molecule has 1 amide bonds. The van der Waals surface area contributed by atoms with Crippen LogP contribution in [0.3, 0.4) is 0 Å². The highest BCUT2D eigenvalue weighted by molar-refractivity contribution is 5.67. The minimum atomic E-state index is -0.647. The molecule has 1 heterocycles. The molecule has 0 aromatic carbocycles. The molecule has 2 N–H and O–H groups in total. The number of β-amino-alcohol motifs (C(OH)–C–C–N with tert-alkyl or cyclic N) is 1. The van der Waals surface area contributed by atoms with Crippen LogP contribution in [0.4, 0.5) is 4.79 Å². The second kappa shape index (κ2) is 7.41. The number of nitrogens with one attached hydrogen (secondary N) is 1. The highest BCUT2D eigenvalue weighted by atomic mass is 16.6. The van der Waals surface area contributed by atoms with Gasteiger partial charge in [0.25, 0.3) is 0 Å². The summed E-state index contributed by atoms with van der Waals surface area (Å²) in [6.45, 7) is 17.1. The third-order valence-corrected chi connectivity index (χ3v) is 4.96. The molecule has 1 saturated carbocycles. The average Bonchev–Trinajstić information content (AvgIpc) is 3.17. The Balaban J connectivity index is 1.76. The van der Waals surface area contributed by atoms with E-state index in [9.17, 15) is 9.90 Å². The molecule has 2 rings (SSSR count). The molecule has 1 saturated heterocycles. The van der Waals surface area contributed by atoms with Crippen molar-refractivity contribution >= 4 is 6.09 Å². The molecule has 146 valence electrons. The maximum absolute atomic E-state index is 11.9. The third-order valence-electron chi connectivity index (χ3n) is 4.96. The number of amides is 1. The van der Waals surface area contributed by atoms with Gasteiger partial charge in [0.1, 0.15) is 5.60 Å². The van der Waals surface area contributed by atoms with Crippen molar-refractivity contribution in [2.75, 3.05) is 39.3 Å². The summed E-state index contributed by atoms with van der Waals surface area (Å²) in [5.41, 5.74) is -0.881. The van der Waals surface area contributed by atoms with Crippen molar-refractivity contribution in [3.8, 4) is 0 Å². The van der Waals surface area contributed by atoms with Gasteiger partial charge in [-0.05, 0) is 54.4 Å². The first-order chi connectivity index (χ1) is 11.4. The van der Waals surface area contributed by atoms with Crippen molar-refractivity contribution in [2.24, 2.45) is 5.41 Å². The van der Waals surface area contributed by atoms with Gasteiger partial charge < -0.3 is 15.2 Å². The summed E-state index contributed by atoms with van der Waals surface area (Å²) in [7, 11) is 0. The Morgan fingerprint density at radius 3 is 2.36 bits per heavy atom. The molecule has 0 aromatic heterocycles. The first kappa shape index (κ1) is 20.5. The molecule has 6 nitrogen and oxygen atoms in total. The van der Waals surface area contributed by atoms with E-state index in [0.29, 0.717) is 19.1 Å². The van der Waals surface area contributed by atoms with E-state index in [1.165, 1.54) is 12.8 Å². The Hall–Kier alpha value is -0.850. The van der Waals surface area contributed by atoms with Gasteiger partial charge in [0, 0.05) is 50.7 Å². The van der Waals surface area contributed by atoms with Gasteiger partial charge in [-0.15, -0.1) is 0 Å². The van der Waals surface area contributed by atoms with Crippen LogP contribution >= 0.6 is 0 Å². The third kappa shape index (κ3) is 7.12. The fourth-order valence-corrected chi connectivity index (χ4v) is 3.56. The number of nitrogens with zero attached hydrogens (tertiary/aromatic N) is 2. The lowest BCUT2D eigenvalue weighted by Crippen LogP contribution is -2.56. The van der Waals surface area contributed by atoms with E-state index in [4.69, 9.17) is 4.74 Å². The smallest absolute Gasteiger partial charge is 0.407 e. The van der Waals surface area contributed by atoms with Crippen LogP contribution in [0.25, 0.3) is 0 Å². The summed E-state index contributed by atoms with van der Waals surface area (Å²) in [4.78, 5) is 16.8. The van der Waals surface area contributed by atoms with Gasteiger partial charge in [-0.1, -0.05) is 0 Å². The fraction of sp³-hybridized carbons (Fsp3) is 0.947. The van der Waals surface area contributed by atoms with Gasteiger partial charge >= 0.3 is 6.09 Å². The van der Waals surface area contributed by atoms with E-state index >= 15 is 0 Å². The van der Waals surface area contributed by atoms with Crippen molar-refractivity contribution in [3.05, 3.63) is 0 Å². The topological polar surface area (TPSA) is 65.0 Å². The second-order valence-corrected chi connectivity index (χ2v) is 9.72. The van der Waals surface area contributed by atoms with E-state index in [0.717, 1.165) is 26.2 Å². The molecular weight excluding hydrogens is 318 g/mol. The zero-order valence-electron chi connectivity index (χ0n) is 16.9. The predicted molar refractivity (Wildman–Crippen MR) is 99.7 cm³/mol. The van der Waals surface area contributed by atoms with E-state index in [1.54, 1.807) is 0 Å². The van der Waals surface area contributed by atoms with Crippen LogP contribution in [-0.2, 0) is 4.74 Å². The van der Waals surface area contributed by atoms with Gasteiger partial charge in [0.15, 0.2) is 0 Å². The Labute approximate surface area is 152 Å². The summed E-state index contributed by atoms with van der Waals surface area (Å²) in [6, 6.07) is 0.440. The Morgan fingerprint density at radius 1 is 1.24 bits per heavy atom. The minimum Gasteiger partial charge on any atom is -0.444 e. The molecule has 1 aliphatic heterocycles. The number of carbonyl (C=O) groups is 1. The SMILES string of the molecule is CC1CN(CC2(CNC(=O)OC(C)(C)C)CC2)CCN1CC(C)(C)O. The Morgan fingerprint density at radius 2 is 1.88 bits per heavy atom.